The van der Waals surface area contributed by atoms with Crippen molar-refractivity contribution >= 4 is 28.4 Å². The molecule has 2 aromatic rings. The molecular formula is C12H11IN2O. The maximum Gasteiger partial charge on any atom is 0.169 e. The number of halogens is 1. The molecule has 0 radical (unpaired) electrons. The zero-order valence-electron chi connectivity index (χ0n) is 8.52. The summed E-state index contributed by atoms with van der Waals surface area (Å²) in [5, 5.41) is 12.7. The largest absolute Gasteiger partial charge is 0.504 e. The quantitative estimate of drug-likeness (QED) is 0.673. The number of rotatable bonds is 3. The van der Waals surface area contributed by atoms with Gasteiger partial charge in [0.25, 0.3) is 0 Å². The number of hydrogen-bond donors (Lipinski definition) is 2. The molecule has 0 amide bonds. The van der Waals surface area contributed by atoms with Crippen LogP contribution >= 0.6 is 22.6 Å². The summed E-state index contributed by atoms with van der Waals surface area (Å²) >= 11 is 2.11. The van der Waals surface area contributed by atoms with Crippen molar-refractivity contribution < 1.29 is 5.11 Å². The Kier molecular flexibility index (Phi) is 3.61. The van der Waals surface area contributed by atoms with Crippen molar-refractivity contribution in [2.24, 2.45) is 0 Å². The molecule has 0 aliphatic carbocycles. The van der Waals surface area contributed by atoms with Crippen LogP contribution in [0.25, 0.3) is 0 Å². The Hall–Kier alpha value is -1.30. The SMILES string of the molecule is Oc1ccc(I)nc1NCc1ccccc1. The van der Waals surface area contributed by atoms with E-state index in [0.29, 0.717) is 12.4 Å². The second kappa shape index (κ2) is 5.16. The zero-order chi connectivity index (χ0) is 11.4. The molecule has 2 N–H and O–H groups in total. The van der Waals surface area contributed by atoms with E-state index in [0.717, 1.165) is 9.26 Å². The Morgan fingerprint density at radius 2 is 1.88 bits per heavy atom. The van der Waals surface area contributed by atoms with Crippen LogP contribution in [0.3, 0.4) is 0 Å². The number of aromatic hydroxyl groups is 1. The second-order valence-corrected chi connectivity index (χ2v) is 4.45. The van der Waals surface area contributed by atoms with Crippen LogP contribution in [0.2, 0.25) is 0 Å². The van der Waals surface area contributed by atoms with E-state index in [1.165, 1.54) is 0 Å². The van der Waals surface area contributed by atoms with Gasteiger partial charge in [0.2, 0.25) is 0 Å². The molecule has 4 heteroatoms. The fraction of sp³-hybridized carbons (Fsp3) is 0.0833. The van der Waals surface area contributed by atoms with Gasteiger partial charge < -0.3 is 10.4 Å². The van der Waals surface area contributed by atoms with Crippen molar-refractivity contribution in [3.63, 3.8) is 0 Å². The summed E-state index contributed by atoms with van der Waals surface area (Å²) in [6.45, 7) is 0.654. The molecule has 82 valence electrons. The highest BCUT2D eigenvalue weighted by atomic mass is 127. The second-order valence-electron chi connectivity index (χ2n) is 3.34. The van der Waals surface area contributed by atoms with Crippen LogP contribution in [0, 0.1) is 3.70 Å². The number of nitrogens with zero attached hydrogens (tertiary/aromatic N) is 1. The van der Waals surface area contributed by atoms with Crippen LogP contribution < -0.4 is 5.32 Å². The third-order valence-corrected chi connectivity index (χ3v) is 2.74. The molecule has 0 unspecified atom stereocenters. The third-order valence-electron chi connectivity index (χ3n) is 2.14. The molecule has 2 rings (SSSR count). The maximum absolute atomic E-state index is 9.58. The molecule has 0 aliphatic heterocycles. The molecule has 1 aromatic carbocycles. The molecule has 0 saturated heterocycles. The number of benzene rings is 1. The Bertz CT molecular complexity index is 474. The Labute approximate surface area is 108 Å². The van der Waals surface area contributed by atoms with Crippen molar-refractivity contribution in [2.75, 3.05) is 5.32 Å². The van der Waals surface area contributed by atoms with Gasteiger partial charge in [-0.3, -0.25) is 0 Å². The molecular weight excluding hydrogens is 315 g/mol. The first kappa shape index (κ1) is 11.2. The average Bonchev–Trinajstić information content (AvgIpc) is 2.32. The molecule has 1 heterocycles. The van der Waals surface area contributed by atoms with Gasteiger partial charge in [0.05, 0.1) is 0 Å². The topological polar surface area (TPSA) is 45.2 Å². The monoisotopic (exact) mass is 326 g/mol. The van der Waals surface area contributed by atoms with Gasteiger partial charge in [-0.15, -0.1) is 0 Å². The minimum atomic E-state index is 0.177. The van der Waals surface area contributed by atoms with Crippen LogP contribution in [-0.2, 0) is 6.54 Å². The molecule has 0 saturated carbocycles. The van der Waals surface area contributed by atoms with E-state index < -0.39 is 0 Å². The van der Waals surface area contributed by atoms with Gasteiger partial charge in [-0.05, 0) is 40.3 Å². The fourth-order valence-corrected chi connectivity index (χ4v) is 1.76. The van der Waals surface area contributed by atoms with Crippen LogP contribution in [-0.4, -0.2) is 10.1 Å². The minimum absolute atomic E-state index is 0.177. The summed E-state index contributed by atoms with van der Waals surface area (Å²) in [4.78, 5) is 4.21. The summed E-state index contributed by atoms with van der Waals surface area (Å²) in [7, 11) is 0. The first-order valence-electron chi connectivity index (χ1n) is 4.89. The maximum atomic E-state index is 9.58. The molecule has 16 heavy (non-hydrogen) atoms. The van der Waals surface area contributed by atoms with E-state index in [2.05, 4.69) is 32.9 Å². The van der Waals surface area contributed by atoms with Crippen LogP contribution in [0.4, 0.5) is 5.82 Å². The number of hydrogen-bond acceptors (Lipinski definition) is 3. The first-order valence-corrected chi connectivity index (χ1v) is 5.97. The van der Waals surface area contributed by atoms with E-state index in [-0.39, 0.29) is 5.75 Å². The fourth-order valence-electron chi connectivity index (χ4n) is 1.34. The standard InChI is InChI=1S/C12H11IN2O/c13-11-7-6-10(16)12(15-11)14-8-9-4-2-1-3-5-9/h1-7,16H,8H2,(H,14,15). The smallest absolute Gasteiger partial charge is 0.169 e. The lowest BCUT2D eigenvalue weighted by atomic mass is 10.2. The van der Waals surface area contributed by atoms with Crippen molar-refractivity contribution in [3.05, 3.63) is 51.7 Å². The van der Waals surface area contributed by atoms with Crippen molar-refractivity contribution in [3.8, 4) is 5.75 Å². The average molecular weight is 326 g/mol. The molecule has 0 bridgehead atoms. The van der Waals surface area contributed by atoms with Gasteiger partial charge in [0, 0.05) is 6.54 Å². The lowest BCUT2D eigenvalue weighted by Crippen LogP contribution is -2.02. The summed E-state index contributed by atoms with van der Waals surface area (Å²) in [5.41, 5.74) is 1.16. The third kappa shape index (κ3) is 2.85. The molecule has 0 aliphatic rings. The highest BCUT2D eigenvalue weighted by Crippen LogP contribution is 2.21. The highest BCUT2D eigenvalue weighted by molar-refractivity contribution is 14.1. The van der Waals surface area contributed by atoms with E-state index in [1.54, 1.807) is 12.1 Å². The molecule has 3 nitrogen and oxygen atoms in total. The summed E-state index contributed by atoms with van der Waals surface area (Å²) < 4.78 is 0.853. The highest BCUT2D eigenvalue weighted by Gasteiger charge is 2.02. The van der Waals surface area contributed by atoms with Gasteiger partial charge in [-0.2, -0.15) is 0 Å². The Morgan fingerprint density at radius 1 is 1.12 bits per heavy atom. The van der Waals surface area contributed by atoms with Crippen LogP contribution in [0.1, 0.15) is 5.56 Å². The van der Waals surface area contributed by atoms with Gasteiger partial charge in [0.1, 0.15) is 3.70 Å². The zero-order valence-corrected chi connectivity index (χ0v) is 10.7. The molecule has 1 aromatic heterocycles. The number of pyridine rings is 1. The van der Waals surface area contributed by atoms with Crippen molar-refractivity contribution in [1.82, 2.24) is 4.98 Å². The number of anilines is 1. The summed E-state index contributed by atoms with van der Waals surface area (Å²) in [5.74, 6) is 0.701. The van der Waals surface area contributed by atoms with E-state index in [1.807, 2.05) is 30.3 Å². The summed E-state index contributed by atoms with van der Waals surface area (Å²) in [6, 6.07) is 13.4. The van der Waals surface area contributed by atoms with Crippen molar-refractivity contribution in [1.29, 1.82) is 0 Å². The number of nitrogens with one attached hydrogen (secondary N) is 1. The van der Waals surface area contributed by atoms with Crippen molar-refractivity contribution in [2.45, 2.75) is 6.54 Å². The molecule has 0 atom stereocenters. The normalized spacial score (nSPS) is 10.1. The summed E-state index contributed by atoms with van der Waals surface area (Å²) in [6.07, 6.45) is 0. The van der Waals surface area contributed by atoms with Gasteiger partial charge in [-0.1, -0.05) is 30.3 Å². The van der Waals surface area contributed by atoms with Gasteiger partial charge in [0.15, 0.2) is 11.6 Å². The van der Waals surface area contributed by atoms with Crippen LogP contribution in [0.15, 0.2) is 42.5 Å². The minimum Gasteiger partial charge on any atom is -0.504 e. The Balaban J connectivity index is 2.08. The molecule has 0 fully saturated rings. The van der Waals surface area contributed by atoms with Gasteiger partial charge in [-0.25, -0.2) is 4.98 Å². The Morgan fingerprint density at radius 3 is 2.62 bits per heavy atom. The number of aromatic nitrogens is 1. The lowest BCUT2D eigenvalue weighted by Gasteiger charge is -2.07. The molecule has 0 spiro atoms. The predicted molar refractivity (Wildman–Crippen MR) is 72.4 cm³/mol. The first-order chi connectivity index (χ1) is 7.75. The van der Waals surface area contributed by atoms with E-state index in [9.17, 15) is 5.11 Å². The van der Waals surface area contributed by atoms with E-state index in [4.69, 9.17) is 0 Å². The predicted octanol–water partition coefficient (Wildman–Crippen LogP) is 3.00. The lowest BCUT2D eigenvalue weighted by molar-refractivity contribution is 0.474. The van der Waals surface area contributed by atoms with Gasteiger partial charge >= 0.3 is 0 Å². The van der Waals surface area contributed by atoms with Crippen LogP contribution in [0.5, 0.6) is 5.75 Å². The van der Waals surface area contributed by atoms with E-state index >= 15 is 0 Å².